The van der Waals surface area contributed by atoms with Gasteiger partial charge in [-0.3, -0.25) is 0 Å². The Labute approximate surface area is 130 Å². The Bertz CT molecular complexity index is 386. The van der Waals surface area contributed by atoms with Crippen LogP contribution in [0.15, 0.2) is 30.3 Å². The minimum absolute atomic E-state index is 0.561. The summed E-state index contributed by atoms with van der Waals surface area (Å²) in [7, 11) is 2.13. The van der Waals surface area contributed by atoms with Gasteiger partial charge in [-0.2, -0.15) is 0 Å². The highest BCUT2D eigenvalue weighted by atomic mass is 16.5. The third-order valence-corrected chi connectivity index (χ3v) is 5.17. The summed E-state index contributed by atoms with van der Waals surface area (Å²) in [5.74, 6) is 2.11. The van der Waals surface area contributed by atoms with E-state index in [1.54, 1.807) is 0 Å². The fourth-order valence-electron chi connectivity index (χ4n) is 3.67. The molecule has 1 N–H and O–H groups in total. The minimum Gasteiger partial charge on any atom is -0.381 e. The van der Waals surface area contributed by atoms with Crippen molar-refractivity contribution in [3.63, 3.8) is 0 Å². The van der Waals surface area contributed by atoms with E-state index in [-0.39, 0.29) is 0 Å². The van der Waals surface area contributed by atoms with E-state index in [0.29, 0.717) is 17.9 Å². The van der Waals surface area contributed by atoms with Crippen LogP contribution in [0.3, 0.4) is 0 Å². The zero-order valence-corrected chi connectivity index (χ0v) is 13.8. The molecule has 0 amide bonds. The lowest BCUT2D eigenvalue weighted by atomic mass is 9.76. The van der Waals surface area contributed by atoms with Crippen LogP contribution in [-0.2, 0) is 4.74 Å². The van der Waals surface area contributed by atoms with Crippen molar-refractivity contribution in [3.05, 3.63) is 35.9 Å². The summed E-state index contributed by atoms with van der Waals surface area (Å²) in [4.78, 5) is 0. The Morgan fingerprint density at radius 3 is 2.43 bits per heavy atom. The van der Waals surface area contributed by atoms with E-state index in [2.05, 4.69) is 56.5 Å². The Morgan fingerprint density at radius 1 is 1.19 bits per heavy atom. The molecule has 21 heavy (non-hydrogen) atoms. The first-order chi connectivity index (χ1) is 10.3. The van der Waals surface area contributed by atoms with Gasteiger partial charge in [0.05, 0.1) is 0 Å². The molecule has 0 aromatic heterocycles. The van der Waals surface area contributed by atoms with Gasteiger partial charge in [0.1, 0.15) is 0 Å². The highest BCUT2D eigenvalue weighted by molar-refractivity contribution is 5.22. The Morgan fingerprint density at radius 2 is 1.86 bits per heavy atom. The lowest BCUT2D eigenvalue weighted by molar-refractivity contribution is 0.0588. The van der Waals surface area contributed by atoms with Crippen LogP contribution in [-0.4, -0.2) is 26.3 Å². The molecule has 1 fully saturated rings. The van der Waals surface area contributed by atoms with Gasteiger partial charge in [0, 0.05) is 25.2 Å². The van der Waals surface area contributed by atoms with Crippen molar-refractivity contribution in [2.24, 2.45) is 11.8 Å². The normalized spacial score (nSPS) is 20.9. The molecule has 1 saturated heterocycles. The zero-order chi connectivity index (χ0) is 15.1. The number of nitrogens with one attached hydrogen (secondary N) is 1. The molecule has 0 radical (unpaired) electrons. The first kappa shape index (κ1) is 16.5. The second-order valence-electron chi connectivity index (χ2n) is 6.51. The molecule has 1 aromatic rings. The molecule has 3 atom stereocenters. The summed E-state index contributed by atoms with van der Waals surface area (Å²) in [5, 5.41) is 3.62. The van der Waals surface area contributed by atoms with Crippen LogP contribution in [0.2, 0.25) is 0 Å². The maximum Gasteiger partial charge on any atom is 0.0468 e. The van der Waals surface area contributed by atoms with Crippen LogP contribution < -0.4 is 5.32 Å². The highest BCUT2D eigenvalue weighted by Gasteiger charge is 2.29. The van der Waals surface area contributed by atoms with E-state index in [1.165, 1.54) is 31.2 Å². The topological polar surface area (TPSA) is 21.3 Å². The fourth-order valence-corrected chi connectivity index (χ4v) is 3.67. The van der Waals surface area contributed by atoms with E-state index in [1.807, 2.05) is 0 Å². The molecule has 1 aliphatic rings. The molecular formula is C19H31NO. The van der Waals surface area contributed by atoms with E-state index >= 15 is 0 Å². The van der Waals surface area contributed by atoms with Crippen molar-refractivity contribution in [1.29, 1.82) is 0 Å². The van der Waals surface area contributed by atoms with Crippen molar-refractivity contribution in [2.75, 3.05) is 20.3 Å². The Hall–Kier alpha value is -0.860. The molecule has 3 unspecified atom stereocenters. The van der Waals surface area contributed by atoms with Crippen LogP contribution in [0.4, 0.5) is 0 Å². The van der Waals surface area contributed by atoms with Gasteiger partial charge in [-0.15, -0.1) is 0 Å². The van der Waals surface area contributed by atoms with Gasteiger partial charge < -0.3 is 10.1 Å². The average Bonchev–Trinajstić information content (AvgIpc) is 2.56. The van der Waals surface area contributed by atoms with Gasteiger partial charge in [0.2, 0.25) is 0 Å². The fraction of sp³-hybridized carbons (Fsp3) is 0.684. The highest BCUT2D eigenvalue weighted by Crippen LogP contribution is 2.34. The van der Waals surface area contributed by atoms with Gasteiger partial charge in [-0.25, -0.2) is 0 Å². The molecule has 0 bridgehead atoms. The van der Waals surface area contributed by atoms with E-state index in [4.69, 9.17) is 4.74 Å². The van der Waals surface area contributed by atoms with Crippen LogP contribution in [0, 0.1) is 11.8 Å². The van der Waals surface area contributed by atoms with Crippen LogP contribution in [0.25, 0.3) is 0 Å². The molecule has 118 valence electrons. The number of benzene rings is 1. The van der Waals surface area contributed by atoms with Gasteiger partial charge >= 0.3 is 0 Å². The maximum atomic E-state index is 5.51. The smallest absolute Gasteiger partial charge is 0.0468 e. The van der Waals surface area contributed by atoms with E-state index in [9.17, 15) is 0 Å². The van der Waals surface area contributed by atoms with Gasteiger partial charge in [0.25, 0.3) is 0 Å². The van der Waals surface area contributed by atoms with Crippen LogP contribution in [0.1, 0.15) is 51.0 Å². The second-order valence-corrected chi connectivity index (χ2v) is 6.51. The molecule has 1 aliphatic heterocycles. The van der Waals surface area contributed by atoms with Gasteiger partial charge in [-0.05, 0) is 43.7 Å². The van der Waals surface area contributed by atoms with Gasteiger partial charge in [0.15, 0.2) is 0 Å². The van der Waals surface area contributed by atoms with Crippen LogP contribution in [0.5, 0.6) is 0 Å². The molecule has 1 aromatic carbocycles. The van der Waals surface area contributed by atoms with Gasteiger partial charge in [-0.1, -0.05) is 50.6 Å². The summed E-state index contributed by atoms with van der Waals surface area (Å²) in [6.07, 6.45) is 4.94. The zero-order valence-electron chi connectivity index (χ0n) is 13.8. The molecule has 0 spiro atoms. The lowest BCUT2D eigenvalue weighted by Gasteiger charge is -2.35. The Kier molecular flexibility index (Phi) is 6.72. The molecule has 2 rings (SSSR count). The summed E-state index contributed by atoms with van der Waals surface area (Å²) >= 11 is 0. The third-order valence-electron chi connectivity index (χ3n) is 5.17. The van der Waals surface area contributed by atoms with Crippen molar-refractivity contribution in [1.82, 2.24) is 5.32 Å². The predicted octanol–water partition coefficient (Wildman–Crippen LogP) is 4.22. The molecule has 0 saturated carbocycles. The largest absolute Gasteiger partial charge is 0.381 e. The SMILES string of the molecule is CCC(C)C(c1ccccc1)C(CC1CCOCC1)NC. The quantitative estimate of drug-likeness (QED) is 0.811. The number of hydrogen-bond acceptors (Lipinski definition) is 2. The molecule has 1 heterocycles. The predicted molar refractivity (Wildman–Crippen MR) is 89.6 cm³/mol. The monoisotopic (exact) mass is 289 g/mol. The minimum atomic E-state index is 0.561. The van der Waals surface area contributed by atoms with E-state index < -0.39 is 0 Å². The van der Waals surface area contributed by atoms with Crippen molar-refractivity contribution >= 4 is 0 Å². The molecule has 2 heteroatoms. The molecule has 0 aliphatic carbocycles. The standard InChI is InChI=1S/C19H31NO/c1-4-15(2)19(17-8-6-5-7-9-17)18(20-3)14-16-10-12-21-13-11-16/h5-9,15-16,18-20H,4,10-14H2,1-3H3. The van der Waals surface area contributed by atoms with Crippen molar-refractivity contribution in [2.45, 2.75) is 51.5 Å². The first-order valence-corrected chi connectivity index (χ1v) is 8.56. The number of hydrogen-bond donors (Lipinski definition) is 1. The summed E-state index contributed by atoms with van der Waals surface area (Å²) in [5.41, 5.74) is 1.48. The Balaban J connectivity index is 2.12. The summed E-state index contributed by atoms with van der Waals surface area (Å²) in [6.45, 7) is 6.59. The number of rotatable bonds is 7. The second kappa shape index (κ2) is 8.55. The van der Waals surface area contributed by atoms with E-state index in [0.717, 1.165) is 19.1 Å². The average molecular weight is 289 g/mol. The molecule has 2 nitrogen and oxygen atoms in total. The van der Waals surface area contributed by atoms with Crippen LogP contribution >= 0.6 is 0 Å². The summed E-state index contributed by atoms with van der Waals surface area (Å²) in [6, 6.07) is 11.6. The maximum absolute atomic E-state index is 5.51. The molecular weight excluding hydrogens is 258 g/mol. The van der Waals surface area contributed by atoms with Crippen molar-refractivity contribution in [3.8, 4) is 0 Å². The number of likely N-dealkylation sites (N-methyl/N-ethyl adjacent to an activating group) is 1. The lowest BCUT2D eigenvalue weighted by Crippen LogP contribution is -2.38. The first-order valence-electron chi connectivity index (χ1n) is 8.56. The summed E-state index contributed by atoms with van der Waals surface area (Å²) < 4.78 is 5.51. The van der Waals surface area contributed by atoms with Crippen molar-refractivity contribution < 1.29 is 4.74 Å². The third kappa shape index (κ3) is 4.55. The number of ether oxygens (including phenoxy) is 1.